The molecule has 0 aliphatic carbocycles. The molecule has 8 heteroatoms. The van der Waals surface area contributed by atoms with E-state index in [-0.39, 0.29) is 5.91 Å². The minimum atomic E-state index is -0.243. The number of hydrogen-bond donors (Lipinski definition) is 1. The Hall–Kier alpha value is -2.93. The second-order valence-corrected chi connectivity index (χ2v) is 5.38. The summed E-state index contributed by atoms with van der Waals surface area (Å²) in [6.45, 7) is 0.389. The summed E-state index contributed by atoms with van der Waals surface area (Å²) < 4.78 is 6.51. The smallest absolute Gasteiger partial charge is 0.253 e. The second-order valence-electron chi connectivity index (χ2n) is 4.95. The van der Waals surface area contributed by atoms with Crippen LogP contribution in [0.3, 0.4) is 0 Å². The van der Waals surface area contributed by atoms with Crippen molar-refractivity contribution >= 4 is 17.5 Å². The average Bonchev–Trinajstić information content (AvgIpc) is 3.14. The van der Waals surface area contributed by atoms with Gasteiger partial charge < -0.3 is 10.1 Å². The molecule has 0 aliphatic heterocycles. The van der Waals surface area contributed by atoms with Crippen molar-refractivity contribution in [1.29, 1.82) is 0 Å². The van der Waals surface area contributed by atoms with E-state index in [4.69, 9.17) is 16.3 Å². The molecule has 1 aromatic heterocycles. The Morgan fingerprint density at radius 3 is 2.71 bits per heavy atom. The summed E-state index contributed by atoms with van der Waals surface area (Å²) in [5.74, 6) is 0.525. The Labute approximate surface area is 143 Å². The predicted molar refractivity (Wildman–Crippen MR) is 88.3 cm³/mol. The molecule has 0 saturated carbocycles. The van der Waals surface area contributed by atoms with Crippen molar-refractivity contribution < 1.29 is 9.53 Å². The van der Waals surface area contributed by atoms with E-state index in [0.29, 0.717) is 22.8 Å². The number of carbonyl (C=O) groups is 1. The van der Waals surface area contributed by atoms with Gasteiger partial charge in [0.25, 0.3) is 5.91 Å². The van der Waals surface area contributed by atoms with Crippen molar-refractivity contribution in [3.63, 3.8) is 0 Å². The molecule has 0 aliphatic rings. The highest BCUT2D eigenvalue weighted by Gasteiger charge is 2.14. The van der Waals surface area contributed by atoms with Crippen LogP contribution in [-0.4, -0.2) is 33.2 Å². The van der Waals surface area contributed by atoms with Crippen LogP contribution in [0, 0.1) is 0 Å². The third-order valence-corrected chi connectivity index (χ3v) is 3.65. The molecule has 24 heavy (non-hydrogen) atoms. The molecule has 1 amide bonds. The largest absolute Gasteiger partial charge is 0.497 e. The Bertz CT molecular complexity index is 834. The SMILES string of the molecule is COc1ccc(CNC(=O)c2ccc(Cl)cc2-n2cnnn2)cc1. The molecule has 0 saturated heterocycles. The lowest BCUT2D eigenvalue weighted by molar-refractivity contribution is 0.0951. The molecule has 0 radical (unpaired) electrons. The molecule has 0 spiro atoms. The Kier molecular flexibility index (Phi) is 4.72. The zero-order chi connectivity index (χ0) is 16.9. The van der Waals surface area contributed by atoms with Crippen LogP contribution in [0.4, 0.5) is 0 Å². The number of tetrazole rings is 1. The predicted octanol–water partition coefficient (Wildman–Crippen LogP) is 2.25. The number of halogens is 1. The number of nitrogens with one attached hydrogen (secondary N) is 1. The molecular weight excluding hydrogens is 330 g/mol. The van der Waals surface area contributed by atoms with Gasteiger partial charge in [-0.3, -0.25) is 4.79 Å². The number of carbonyl (C=O) groups excluding carboxylic acids is 1. The van der Waals surface area contributed by atoms with Gasteiger partial charge in [-0.25, -0.2) is 0 Å². The Morgan fingerprint density at radius 1 is 1.25 bits per heavy atom. The average molecular weight is 344 g/mol. The summed E-state index contributed by atoms with van der Waals surface area (Å²) in [6.07, 6.45) is 1.41. The third kappa shape index (κ3) is 3.52. The van der Waals surface area contributed by atoms with E-state index in [2.05, 4.69) is 20.8 Å². The van der Waals surface area contributed by atoms with Crippen molar-refractivity contribution in [2.45, 2.75) is 6.54 Å². The van der Waals surface area contributed by atoms with Crippen LogP contribution < -0.4 is 10.1 Å². The molecule has 1 heterocycles. The first-order valence-electron chi connectivity index (χ1n) is 7.11. The van der Waals surface area contributed by atoms with Crippen LogP contribution >= 0.6 is 11.6 Å². The maximum Gasteiger partial charge on any atom is 0.253 e. The number of hydrogen-bond acceptors (Lipinski definition) is 5. The van der Waals surface area contributed by atoms with Crippen molar-refractivity contribution in [2.24, 2.45) is 0 Å². The van der Waals surface area contributed by atoms with Gasteiger partial charge in [-0.05, 0) is 46.3 Å². The summed E-state index contributed by atoms with van der Waals surface area (Å²) in [6, 6.07) is 12.4. The Balaban J connectivity index is 1.77. The van der Waals surface area contributed by atoms with Crippen LogP contribution in [0.2, 0.25) is 5.02 Å². The van der Waals surface area contributed by atoms with Gasteiger partial charge in [0.1, 0.15) is 12.1 Å². The van der Waals surface area contributed by atoms with Crippen molar-refractivity contribution in [1.82, 2.24) is 25.5 Å². The van der Waals surface area contributed by atoms with Gasteiger partial charge in [0.05, 0.1) is 18.4 Å². The first kappa shape index (κ1) is 15.9. The zero-order valence-corrected chi connectivity index (χ0v) is 13.6. The maximum absolute atomic E-state index is 12.5. The van der Waals surface area contributed by atoms with E-state index in [1.54, 1.807) is 25.3 Å². The highest BCUT2D eigenvalue weighted by Crippen LogP contribution is 2.19. The summed E-state index contributed by atoms with van der Waals surface area (Å²) >= 11 is 6.01. The van der Waals surface area contributed by atoms with E-state index in [1.165, 1.54) is 11.0 Å². The Morgan fingerprint density at radius 2 is 2.04 bits per heavy atom. The lowest BCUT2D eigenvalue weighted by Gasteiger charge is -2.10. The standard InChI is InChI=1S/C16H14ClN5O2/c1-24-13-5-2-11(3-6-13)9-18-16(23)14-7-4-12(17)8-15(14)22-10-19-20-21-22/h2-8,10H,9H2,1H3,(H,18,23). The molecular formula is C16H14ClN5O2. The maximum atomic E-state index is 12.5. The molecule has 3 aromatic rings. The quantitative estimate of drug-likeness (QED) is 0.768. The molecule has 2 aromatic carbocycles. The molecule has 0 unspecified atom stereocenters. The minimum Gasteiger partial charge on any atom is -0.497 e. The summed E-state index contributed by atoms with van der Waals surface area (Å²) in [4.78, 5) is 12.5. The molecule has 0 atom stereocenters. The number of nitrogens with zero attached hydrogens (tertiary/aromatic N) is 4. The number of methoxy groups -OCH3 is 1. The first-order valence-corrected chi connectivity index (χ1v) is 7.49. The van der Waals surface area contributed by atoms with Crippen LogP contribution in [0.15, 0.2) is 48.8 Å². The van der Waals surface area contributed by atoms with E-state index >= 15 is 0 Å². The first-order chi connectivity index (χ1) is 11.7. The minimum absolute atomic E-state index is 0.243. The highest BCUT2D eigenvalue weighted by molar-refractivity contribution is 6.31. The van der Waals surface area contributed by atoms with Gasteiger partial charge in [-0.2, -0.15) is 4.68 Å². The summed E-state index contributed by atoms with van der Waals surface area (Å²) in [7, 11) is 1.61. The topological polar surface area (TPSA) is 81.9 Å². The number of benzene rings is 2. The molecule has 0 bridgehead atoms. The van der Waals surface area contributed by atoms with Crippen LogP contribution in [-0.2, 0) is 6.54 Å². The molecule has 1 N–H and O–H groups in total. The van der Waals surface area contributed by atoms with E-state index in [9.17, 15) is 4.79 Å². The normalized spacial score (nSPS) is 10.4. The fourth-order valence-electron chi connectivity index (χ4n) is 2.18. The summed E-state index contributed by atoms with van der Waals surface area (Å²) in [5.41, 5.74) is 1.90. The molecule has 7 nitrogen and oxygen atoms in total. The van der Waals surface area contributed by atoms with Crippen molar-refractivity contribution in [2.75, 3.05) is 7.11 Å². The van der Waals surface area contributed by atoms with Crippen molar-refractivity contribution in [3.05, 3.63) is 64.9 Å². The van der Waals surface area contributed by atoms with Crippen LogP contribution in [0.5, 0.6) is 5.75 Å². The van der Waals surface area contributed by atoms with Crippen molar-refractivity contribution in [3.8, 4) is 11.4 Å². The van der Waals surface area contributed by atoms with Gasteiger partial charge in [0.15, 0.2) is 0 Å². The van der Waals surface area contributed by atoms with E-state index in [0.717, 1.165) is 11.3 Å². The number of rotatable bonds is 5. The lowest BCUT2D eigenvalue weighted by Crippen LogP contribution is -2.24. The fraction of sp³-hybridized carbons (Fsp3) is 0.125. The number of ether oxygens (including phenoxy) is 1. The number of amides is 1. The van der Waals surface area contributed by atoms with Gasteiger partial charge >= 0.3 is 0 Å². The highest BCUT2D eigenvalue weighted by atomic mass is 35.5. The monoisotopic (exact) mass is 343 g/mol. The molecule has 3 rings (SSSR count). The molecule has 122 valence electrons. The van der Waals surface area contributed by atoms with Gasteiger partial charge in [0.2, 0.25) is 0 Å². The van der Waals surface area contributed by atoms with E-state index in [1.807, 2.05) is 24.3 Å². The van der Waals surface area contributed by atoms with Gasteiger partial charge in [-0.15, -0.1) is 5.10 Å². The lowest BCUT2D eigenvalue weighted by atomic mass is 10.1. The molecule has 0 fully saturated rings. The zero-order valence-electron chi connectivity index (χ0n) is 12.8. The van der Waals surface area contributed by atoms with Crippen LogP contribution in [0.25, 0.3) is 5.69 Å². The second kappa shape index (κ2) is 7.10. The number of aromatic nitrogens is 4. The van der Waals surface area contributed by atoms with Crippen LogP contribution in [0.1, 0.15) is 15.9 Å². The van der Waals surface area contributed by atoms with Gasteiger partial charge in [-0.1, -0.05) is 23.7 Å². The van der Waals surface area contributed by atoms with Gasteiger partial charge in [0, 0.05) is 11.6 Å². The summed E-state index contributed by atoms with van der Waals surface area (Å²) in [5, 5.41) is 14.3. The van der Waals surface area contributed by atoms with E-state index < -0.39 is 0 Å². The fourth-order valence-corrected chi connectivity index (χ4v) is 2.35. The third-order valence-electron chi connectivity index (χ3n) is 3.41.